The zero-order valence-corrected chi connectivity index (χ0v) is 12.6. The van der Waals surface area contributed by atoms with Crippen LogP contribution in [0.25, 0.3) is 0 Å². The van der Waals surface area contributed by atoms with Gasteiger partial charge in [0, 0.05) is 5.56 Å². The standard InChI is InChI=1S/C16H14F2O3S/c1-20-14-8-12(4-7-15(14)22-16(17)18)10-21-13-5-2-11(9-19)3-6-13/h2-9,16H,10H2,1H3. The van der Waals surface area contributed by atoms with Crippen molar-refractivity contribution in [3.8, 4) is 11.5 Å². The lowest BCUT2D eigenvalue weighted by Gasteiger charge is -2.11. The lowest BCUT2D eigenvalue weighted by Crippen LogP contribution is -1.97. The number of carbonyl (C=O) groups excluding carboxylic acids is 1. The number of rotatable bonds is 7. The number of hydrogen-bond acceptors (Lipinski definition) is 4. The van der Waals surface area contributed by atoms with Crippen molar-refractivity contribution in [1.82, 2.24) is 0 Å². The fraction of sp³-hybridized carbons (Fsp3) is 0.188. The minimum absolute atomic E-state index is 0.274. The number of aldehydes is 1. The molecule has 2 aromatic carbocycles. The van der Waals surface area contributed by atoms with Gasteiger partial charge in [0.1, 0.15) is 24.4 Å². The second kappa shape index (κ2) is 7.79. The van der Waals surface area contributed by atoms with Crippen molar-refractivity contribution in [2.75, 3.05) is 7.11 Å². The van der Waals surface area contributed by atoms with E-state index >= 15 is 0 Å². The van der Waals surface area contributed by atoms with Crippen molar-refractivity contribution in [1.29, 1.82) is 0 Å². The molecule has 0 aliphatic heterocycles. The molecule has 6 heteroatoms. The highest BCUT2D eigenvalue weighted by Gasteiger charge is 2.11. The molecule has 116 valence electrons. The smallest absolute Gasteiger partial charge is 0.289 e. The summed E-state index contributed by atoms with van der Waals surface area (Å²) in [6.07, 6.45) is 0.758. The summed E-state index contributed by atoms with van der Waals surface area (Å²) in [6, 6.07) is 11.7. The number of benzene rings is 2. The predicted molar refractivity (Wildman–Crippen MR) is 81.0 cm³/mol. The van der Waals surface area contributed by atoms with Gasteiger partial charge in [-0.1, -0.05) is 17.8 Å². The van der Waals surface area contributed by atoms with Crippen molar-refractivity contribution >= 4 is 18.0 Å². The highest BCUT2D eigenvalue weighted by Crippen LogP contribution is 2.34. The third kappa shape index (κ3) is 4.46. The first-order valence-corrected chi connectivity index (χ1v) is 7.30. The molecule has 0 aliphatic carbocycles. The van der Waals surface area contributed by atoms with Gasteiger partial charge in [0.15, 0.2) is 0 Å². The van der Waals surface area contributed by atoms with Crippen LogP contribution in [0.5, 0.6) is 11.5 Å². The number of alkyl halides is 2. The molecule has 2 aromatic rings. The van der Waals surface area contributed by atoms with Crippen LogP contribution in [0.15, 0.2) is 47.4 Å². The molecule has 0 fully saturated rings. The summed E-state index contributed by atoms with van der Waals surface area (Å²) in [6.45, 7) is 0.274. The predicted octanol–water partition coefficient (Wildman–Crippen LogP) is 4.40. The Morgan fingerprint density at radius 2 is 1.91 bits per heavy atom. The molecule has 0 spiro atoms. The highest BCUT2D eigenvalue weighted by atomic mass is 32.2. The van der Waals surface area contributed by atoms with E-state index in [1.165, 1.54) is 7.11 Å². The Bertz CT molecular complexity index is 630. The molecule has 2 rings (SSSR count). The molecule has 3 nitrogen and oxygen atoms in total. The van der Waals surface area contributed by atoms with Gasteiger partial charge in [-0.15, -0.1) is 0 Å². The number of hydrogen-bond donors (Lipinski definition) is 0. The van der Waals surface area contributed by atoms with Gasteiger partial charge in [-0.2, -0.15) is 8.78 Å². The second-order valence-corrected chi connectivity index (χ2v) is 5.37. The fourth-order valence-electron chi connectivity index (χ4n) is 1.80. The molecule has 0 radical (unpaired) electrons. The highest BCUT2D eigenvalue weighted by molar-refractivity contribution is 7.99. The average molecular weight is 324 g/mol. The molecular weight excluding hydrogens is 310 g/mol. The van der Waals surface area contributed by atoms with Crippen molar-refractivity contribution in [2.45, 2.75) is 17.3 Å². The summed E-state index contributed by atoms with van der Waals surface area (Å²) in [5, 5.41) is 0. The molecule has 0 aromatic heterocycles. The van der Waals surface area contributed by atoms with E-state index < -0.39 is 5.76 Å². The Labute approximate surface area is 131 Å². The maximum Gasteiger partial charge on any atom is 0.289 e. The Kier molecular flexibility index (Phi) is 5.77. The molecule has 0 saturated carbocycles. The van der Waals surface area contributed by atoms with E-state index in [2.05, 4.69) is 0 Å². The Hall–Kier alpha value is -2.08. The van der Waals surface area contributed by atoms with Gasteiger partial charge in [-0.05, 0) is 42.0 Å². The minimum Gasteiger partial charge on any atom is -0.496 e. The zero-order chi connectivity index (χ0) is 15.9. The van der Waals surface area contributed by atoms with E-state index in [-0.39, 0.29) is 6.61 Å². The second-order valence-electron chi connectivity index (χ2n) is 4.34. The first-order chi connectivity index (χ1) is 10.6. The summed E-state index contributed by atoms with van der Waals surface area (Å²) < 4.78 is 35.6. The summed E-state index contributed by atoms with van der Waals surface area (Å²) in [4.78, 5) is 11.0. The van der Waals surface area contributed by atoms with Crippen LogP contribution in [0.1, 0.15) is 15.9 Å². The third-order valence-electron chi connectivity index (χ3n) is 2.87. The molecule has 0 bridgehead atoms. The lowest BCUT2D eigenvalue weighted by atomic mass is 10.2. The van der Waals surface area contributed by atoms with Gasteiger partial charge >= 0.3 is 0 Å². The Morgan fingerprint density at radius 3 is 2.50 bits per heavy atom. The Balaban J connectivity index is 2.04. The molecular formula is C16H14F2O3S. The van der Waals surface area contributed by atoms with E-state index in [1.54, 1.807) is 42.5 Å². The van der Waals surface area contributed by atoms with Gasteiger partial charge in [0.2, 0.25) is 0 Å². The van der Waals surface area contributed by atoms with E-state index in [0.29, 0.717) is 33.7 Å². The third-order valence-corrected chi connectivity index (χ3v) is 3.64. The monoisotopic (exact) mass is 324 g/mol. The van der Waals surface area contributed by atoms with Crippen molar-refractivity contribution < 1.29 is 23.0 Å². The van der Waals surface area contributed by atoms with Crippen LogP contribution >= 0.6 is 11.8 Å². The molecule has 0 N–H and O–H groups in total. The van der Waals surface area contributed by atoms with Gasteiger partial charge in [-0.25, -0.2) is 0 Å². The lowest BCUT2D eigenvalue weighted by molar-refractivity contribution is 0.112. The topological polar surface area (TPSA) is 35.5 Å². The normalized spacial score (nSPS) is 10.5. The molecule has 0 saturated heterocycles. The van der Waals surface area contributed by atoms with Crippen LogP contribution < -0.4 is 9.47 Å². The van der Waals surface area contributed by atoms with E-state index in [0.717, 1.165) is 11.8 Å². The minimum atomic E-state index is -2.49. The number of methoxy groups -OCH3 is 1. The fourth-order valence-corrected chi connectivity index (χ4v) is 2.40. The molecule has 22 heavy (non-hydrogen) atoms. The number of ether oxygens (including phenoxy) is 2. The van der Waals surface area contributed by atoms with Crippen LogP contribution in [-0.4, -0.2) is 19.2 Å². The van der Waals surface area contributed by atoms with Gasteiger partial charge in [0.05, 0.1) is 12.0 Å². The largest absolute Gasteiger partial charge is 0.496 e. The van der Waals surface area contributed by atoms with Crippen LogP contribution in [0.2, 0.25) is 0 Å². The zero-order valence-electron chi connectivity index (χ0n) is 11.8. The number of thioether (sulfide) groups is 1. The van der Waals surface area contributed by atoms with E-state index in [9.17, 15) is 13.6 Å². The van der Waals surface area contributed by atoms with Crippen molar-refractivity contribution in [2.24, 2.45) is 0 Å². The summed E-state index contributed by atoms with van der Waals surface area (Å²) >= 11 is 0.445. The van der Waals surface area contributed by atoms with Gasteiger partial charge in [0.25, 0.3) is 5.76 Å². The summed E-state index contributed by atoms with van der Waals surface area (Å²) in [5.41, 5.74) is 1.37. The van der Waals surface area contributed by atoms with Crippen LogP contribution in [0.3, 0.4) is 0 Å². The van der Waals surface area contributed by atoms with Crippen LogP contribution in [0.4, 0.5) is 8.78 Å². The quantitative estimate of drug-likeness (QED) is 0.558. The molecule has 0 unspecified atom stereocenters. The molecule has 0 atom stereocenters. The Morgan fingerprint density at radius 1 is 1.18 bits per heavy atom. The van der Waals surface area contributed by atoms with E-state index in [1.807, 2.05) is 0 Å². The van der Waals surface area contributed by atoms with Crippen molar-refractivity contribution in [3.63, 3.8) is 0 Å². The number of carbonyl (C=O) groups is 1. The summed E-state index contributed by atoms with van der Waals surface area (Å²) in [7, 11) is 1.44. The van der Waals surface area contributed by atoms with Crippen LogP contribution in [-0.2, 0) is 6.61 Å². The van der Waals surface area contributed by atoms with Gasteiger partial charge in [-0.3, -0.25) is 4.79 Å². The van der Waals surface area contributed by atoms with Crippen molar-refractivity contribution in [3.05, 3.63) is 53.6 Å². The van der Waals surface area contributed by atoms with Crippen LogP contribution in [0, 0.1) is 0 Å². The maximum absolute atomic E-state index is 12.4. The molecule has 0 heterocycles. The molecule has 0 aliphatic rings. The molecule has 0 amide bonds. The van der Waals surface area contributed by atoms with E-state index in [4.69, 9.17) is 9.47 Å². The maximum atomic E-state index is 12.4. The van der Waals surface area contributed by atoms with Gasteiger partial charge < -0.3 is 9.47 Å². The summed E-state index contributed by atoms with van der Waals surface area (Å²) in [5.74, 6) is -1.48. The first-order valence-electron chi connectivity index (χ1n) is 6.42. The first kappa shape index (κ1) is 16.3. The number of halogens is 2. The SMILES string of the molecule is COc1cc(COc2ccc(C=O)cc2)ccc1SC(F)F. The average Bonchev–Trinajstić information content (AvgIpc) is 2.54.